The van der Waals surface area contributed by atoms with Gasteiger partial charge in [-0.15, -0.1) is 0 Å². The molecule has 6 rings (SSSR count). The van der Waals surface area contributed by atoms with E-state index in [0.717, 1.165) is 6.42 Å². The number of hydrogen-bond acceptors (Lipinski definition) is 22. The first-order chi connectivity index (χ1) is 47.5. The average molecular weight is 1370 g/mol. The minimum Gasteiger partial charge on any atom is -0.506 e. The molecule has 0 aromatic heterocycles. The molecule has 0 aliphatic carbocycles. The van der Waals surface area contributed by atoms with Crippen molar-refractivity contribution in [2.75, 3.05) is 191 Å². The van der Waals surface area contributed by atoms with E-state index in [1.807, 2.05) is 26.5 Å². The largest absolute Gasteiger partial charge is 0.506 e. The number of phenolic OH excluding ortho intramolecular Hbond substituents is 4. The Morgan fingerprint density at radius 3 is 1.16 bits per heavy atom. The second kappa shape index (κ2) is 43.8. The number of nitrogens with zero attached hydrogens (tertiary/aromatic N) is 4. The first-order valence-electron chi connectivity index (χ1n) is 33.7. The summed E-state index contributed by atoms with van der Waals surface area (Å²) in [6, 6.07) is 16.5. The third-order valence-corrected chi connectivity index (χ3v) is 16.5. The number of Topliss-reactive ketones (excluding diaryl/α,β-unsaturated/α-hetero) is 1. The van der Waals surface area contributed by atoms with E-state index in [1.54, 1.807) is 7.11 Å². The van der Waals surface area contributed by atoms with Gasteiger partial charge in [-0.3, -0.25) is 53.1 Å². The van der Waals surface area contributed by atoms with Gasteiger partial charge in [0.2, 0.25) is 0 Å². The molecule has 2 aliphatic heterocycles. The first-order valence-corrected chi connectivity index (χ1v) is 33.7. The van der Waals surface area contributed by atoms with Crippen LogP contribution in [0.3, 0.4) is 0 Å². The molecule has 0 saturated carbocycles. The van der Waals surface area contributed by atoms with Crippen molar-refractivity contribution in [2.24, 2.45) is 5.73 Å². The van der Waals surface area contributed by atoms with Crippen molar-refractivity contribution in [3.8, 4) is 23.0 Å². The van der Waals surface area contributed by atoms with E-state index < -0.39 is 76.2 Å². The molecule has 0 spiro atoms. The fourth-order valence-electron chi connectivity index (χ4n) is 11.0. The second-order valence-electron chi connectivity index (χ2n) is 23.6. The standard InChI is InChI=1S/C69H100N12O17/c1-3-39-95-44-45-96-40-37-79-31-24-73-63(87)51-13-6-12-50(59(51)83)58(82)20-10-28-81-36-35-78(29-22-71-64(88)52-14-7-16-54(60(52)84)66(90)74-25-32-79)30-23-72-65(89)53-15-8-17-55(61(53)85)67(91)75-26-33-80(38-41-97-46-47-98-43-42-94-2)34-27-76-68(92)56-18-9-19-57(62(56)86)69(93)77-49(48-81)11-4-5-21-70/h6-9,12-19,49,83-86H,3-5,10-11,20-48,70H2,1-2H3,(H,71,88)(H,72,89)(H,73,87)(H,74,90)(H,75,91)(H,76,92)(H,77,93). The maximum atomic E-state index is 14.4. The van der Waals surface area contributed by atoms with Gasteiger partial charge < -0.3 is 92.0 Å². The highest BCUT2D eigenvalue weighted by atomic mass is 16.5. The molecule has 10 bridgehead atoms. The number of para-hydroxylation sites is 4. The van der Waals surface area contributed by atoms with E-state index in [0.29, 0.717) is 91.8 Å². The molecule has 3 unspecified atom stereocenters. The SMILES string of the molecule is CCCOCCOCCN1CCNC(=O)c2cccc(c2O)C(=O)CCCN2CCN(CCNC(=O)c3cccc(c3O)C(=O)NCC1)CCNC(=O)c1cccc(c1O)C(=O)NCCN(CCOCCOCCOC)CCNC(=O)c1cccc(c1O)C(=O)NC(CCCCN)C2. The Morgan fingerprint density at radius 2 is 0.765 bits per heavy atom. The van der Waals surface area contributed by atoms with Gasteiger partial charge in [0.25, 0.3) is 41.4 Å². The highest BCUT2D eigenvalue weighted by molar-refractivity contribution is 6.07. The summed E-state index contributed by atoms with van der Waals surface area (Å²) in [5.74, 6) is -7.20. The number of unbranched alkanes of at least 4 members (excludes halogenated alkanes) is 1. The summed E-state index contributed by atoms with van der Waals surface area (Å²) in [5, 5.41) is 66.1. The fraction of sp³-hybridized carbons (Fsp3) is 0.536. The zero-order valence-corrected chi connectivity index (χ0v) is 56.5. The van der Waals surface area contributed by atoms with Crippen molar-refractivity contribution in [1.82, 2.24) is 56.8 Å². The first kappa shape index (κ1) is 78.6. The molecule has 2 aliphatic rings. The Labute approximate surface area is 572 Å². The monoisotopic (exact) mass is 1370 g/mol. The van der Waals surface area contributed by atoms with E-state index in [4.69, 9.17) is 29.4 Å². The number of amides is 7. The molecule has 0 saturated heterocycles. The molecule has 4 aromatic rings. The Bertz CT molecular complexity index is 3210. The summed E-state index contributed by atoms with van der Waals surface area (Å²) in [4.78, 5) is 119. The third-order valence-electron chi connectivity index (χ3n) is 16.5. The number of carbonyl (C=O) groups is 8. The molecular formula is C69H100N12O17. The number of nitrogens with two attached hydrogens (primary N) is 1. The lowest BCUT2D eigenvalue weighted by Gasteiger charge is -2.31. The molecule has 0 fully saturated rings. The number of methoxy groups -OCH3 is 1. The van der Waals surface area contributed by atoms with Crippen molar-refractivity contribution in [3.05, 3.63) is 117 Å². The van der Waals surface area contributed by atoms with Crippen molar-refractivity contribution in [2.45, 2.75) is 51.5 Å². The predicted octanol–water partition coefficient (Wildman–Crippen LogP) is 1.54. The quantitative estimate of drug-likeness (QED) is 0.0526. The van der Waals surface area contributed by atoms with Gasteiger partial charge in [-0.1, -0.05) is 37.6 Å². The molecular weight excluding hydrogens is 1270 g/mol. The lowest BCUT2D eigenvalue weighted by Crippen LogP contribution is -2.47. The van der Waals surface area contributed by atoms with E-state index >= 15 is 0 Å². The number of nitrogens with one attached hydrogen (secondary N) is 7. The van der Waals surface area contributed by atoms with Crippen LogP contribution in [0.25, 0.3) is 0 Å². The van der Waals surface area contributed by atoms with Gasteiger partial charge in [-0.2, -0.15) is 0 Å². The molecule has 3 atom stereocenters. The fourth-order valence-corrected chi connectivity index (χ4v) is 11.0. The molecule has 2 heterocycles. The third kappa shape index (κ3) is 26.1. The molecule has 0 radical (unpaired) electrons. The Morgan fingerprint density at radius 1 is 0.418 bits per heavy atom. The van der Waals surface area contributed by atoms with E-state index in [-0.39, 0.29) is 169 Å². The number of benzene rings is 4. The van der Waals surface area contributed by atoms with Crippen LogP contribution >= 0.6 is 0 Å². The maximum absolute atomic E-state index is 14.4. The Hall–Kier alpha value is -8.36. The highest BCUT2D eigenvalue weighted by Gasteiger charge is 2.27. The summed E-state index contributed by atoms with van der Waals surface area (Å²) < 4.78 is 27.6. The molecule has 538 valence electrons. The van der Waals surface area contributed by atoms with Crippen molar-refractivity contribution in [1.29, 1.82) is 0 Å². The maximum Gasteiger partial charge on any atom is 0.255 e. The van der Waals surface area contributed by atoms with E-state index in [9.17, 15) is 58.8 Å². The number of fused-ring (bicyclic) bond motifs is 11. The van der Waals surface area contributed by atoms with E-state index in [2.05, 4.69) is 37.2 Å². The lowest BCUT2D eigenvalue weighted by molar-refractivity contribution is 0.0196. The van der Waals surface area contributed by atoms with Crippen molar-refractivity contribution >= 4 is 47.1 Å². The Balaban J connectivity index is 1.31. The van der Waals surface area contributed by atoms with Gasteiger partial charge in [0.05, 0.1) is 97.4 Å². The molecule has 29 nitrogen and oxygen atoms in total. The van der Waals surface area contributed by atoms with Gasteiger partial charge in [0.15, 0.2) is 5.78 Å². The minimum atomic E-state index is -0.686. The summed E-state index contributed by atoms with van der Waals surface area (Å²) >= 11 is 0. The van der Waals surface area contributed by atoms with Crippen LogP contribution in [0, 0.1) is 0 Å². The summed E-state index contributed by atoms with van der Waals surface area (Å²) in [6.07, 6.45) is 2.62. The van der Waals surface area contributed by atoms with Crippen LogP contribution in [-0.4, -0.2) is 284 Å². The lowest BCUT2D eigenvalue weighted by atomic mass is 10.0. The number of ether oxygens (including phenoxy) is 5. The van der Waals surface area contributed by atoms with Gasteiger partial charge in [-0.05, 0) is 87.3 Å². The van der Waals surface area contributed by atoms with Crippen LogP contribution in [0.4, 0.5) is 0 Å². The molecule has 29 heteroatoms. The van der Waals surface area contributed by atoms with Crippen molar-refractivity contribution < 1.29 is 82.5 Å². The van der Waals surface area contributed by atoms with Crippen LogP contribution < -0.4 is 43.0 Å². The smallest absolute Gasteiger partial charge is 0.255 e. The van der Waals surface area contributed by atoms with Gasteiger partial charge in [-0.25, -0.2) is 0 Å². The number of ketones is 1. The number of carbonyl (C=O) groups excluding carboxylic acids is 8. The molecule has 4 aromatic carbocycles. The van der Waals surface area contributed by atoms with Crippen LogP contribution in [0.15, 0.2) is 72.8 Å². The molecule has 13 N–H and O–H groups in total. The molecule has 7 amide bonds. The van der Waals surface area contributed by atoms with Crippen molar-refractivity contribution in [3.63, 3.8) is 0 Å². The number of phenols is 4. The topological polar surface area (TPSA) is 387 Å². The second-order valence-corrected chi connectivity index (χ2v) is 23.6. The minimum absolute atomic E-state index is 0.00463. The number of aromatic hydroxyl groups is 4. The van der Waals surface area contributed by atoms with Crippen LogP contribution in [0.2, 0.25) is 0 Å². The Kier molecular flexibility index (Phi) is 35.2. The van der Waals surface area contributed by atoms with Crippen LogP contribution in [0.5, 0.6) is 23.0 Å². The van der Waals surface area contributed by atoms with Gasteiger partial charge in [0, 0.05) is 137 Å². The molecule has 98 heavy (non-hydrogen) atoms. The zero-order valence-electron chi connectivity index (χ0n) is 56.5. The zero-order chi connectivity index (χ0) is 70.4. The van der Waals surface area contributed by atoms with Gasteiger partial charge in [0.1, 0.15) is 23.0 Å². The summed E-state index contributed by atoms with van der Waals surface area (Å²) in [6.45, 7) is 9.27. The average Bonchev–Trinajstić information content (AvgIpc) is 0.862. The predicted molar refractivity (Wildman–Crippen MR) is 365 cm³/mol. The normalized spacial score (nSPS) is 19.0. The highest BCUT2D eigenvalue weighted by Crippen LogP contribution is 2.27. The number of hydrogen-bond donors (Lipinski definition) is 12. The van der Waals surface area contributed by atoms with Crippen LogP contribution in [0.1, 0.15) is 128 Å². The summed E-state index contributed by atoms with van der Waals surface area (Å²) in [7, 11) is 1.58. The van der Waals surface area contributed by atoms with Gasteiger partial charge >= 0.3 is 0 Å². The number of rotatable bonds is 21. The van der Waals surface area contributed by atoms with Crippen LogP contribution in [-0.2, 0) is 23.7 Å². The van der Waals surface area contributed by atoms with E-state index in [1.165, 1.54) is 72.8 Å². The summed E-state index contributed by atoms with van der Waals surface area (Å²) in [5.41, 5.74) is 4.86.